The Kier molecular flexibility index (Phi) is 7.75. The second kappa shape index (κ2) is 8.81. The third kappa shape index (κ3) is 5.61. The van der Waals surface area contributed by atoms with Crippen LogP contribution in [0.1, 0.15) is 40.0 Å². The summed E-state index contributed by atoms with van der Waals surface area (Å²) in [5.41, 5.74) is 0. The van der Waals surface area contributed by atoms with Crippen LogP contribution in [0.5, 0.6) is 0 Å². The second-order valence-electron chi connectivity index (χ2n) is 5.21. The fourth-order valence-electron chi connectivity index (χ4n) is 2.16. The minimum atomic E-state index is 0.321. The van der Waals surface area contributed by atoms with Gasteiger partial charge in [-0.25, -0.2) is 0 Å². The lowest BCUT2D eigenvalue weighted by molar-refractivity contribution is -0.128. The molecule has 0 bridgehead atoms. The number of carbonyl (C=O) groups excluding carboxylic acids is 1. The van der Waals surface area contributed by atoms with Crippen molar-refractivity contribution in [1.82, 2.24) is 10.2 Å². The Morgan fingerprint density at radius 2 is 2.06 bits per heavy atom. The van der Waals surface area contributed by atoms with Crippen LogP contribution in [0, 0.1) is 5.92 Å². The summed E-state index contributed by atoms with van der Waals surface area (Å²) in [4.78, 5) is 14.2. The van der Waals surface area contributed by atoms with Gasteiger partial charge in [-0.2, -0.15) is 0 Å². The van der Waals surface area contributed by atoms with Crippen LogP contribution >= 0.6 is 11.8 Å². The van der Waals surface area contributed by atoms with Gasteiger partial charge in [-0.1, -0.05) is 20.3 Å². The minimum Gasteiger partial charge on any atom is -0.342 e. The molecule has 1 unspecified atom stereocenters. The molecule has 0 spiro atoms. The molecule has 0 radical (unpaired) electrons. The summed E-state index contributed by atoms with van der Waals surface area (Å²) >= 11 is 1.85. The predicted octanol–water partition coefficient (Wildman–Crippen LogP) is 2.37. The average Bonchev–Trinajstić information content (AvgIpc) is 2.42. The Labute approximate surface area is 116 Å². The number of rotatable bonds is 7. The highest BCUT2D eigenvalue weighted by molar-refractivity contribution is 8.00. The van der Waals surface area contributed by atoms with Gasteiger partial charge in [-0.05, 0) is 38.8 Å². The first-order valence-electron chi connectivity index (χ1n) is 7.27. The SMILES string of the molecule is CCC(C)CN(CC)C(=O)CSC1CCNCC1. The van der Waals surface area contributed by atoms with E-state index in [9.17, 15) is 4.79 Å². The quantitative estimate of drug-likeness (QED) is 0.772. The lowest BCUT2D eigenvalue weighted by Crippen LogP contribution is -2.36. The third-order valence-electron chi connectivity index (χ3n) is 3.69. The molecule has 106 valence electrons. The van der Waals surface area contributed by atoms with E-state index < -0.39 is 0 Å². The van der Waals surface area contributed by atoms with Crippen LogP contribution < -0.4 is 5.32 Å². The number of amides is 1. The lowest BCUT2D eigenvalue weighted by atomic mass is 10.1. The molecule has 1 aliphatic heterocycles. The maximum atomic E-state index is 12.2. The molecule has 1 fully saturated rings. The van der Waals surface area contributed by atoms with Crippen LogP contribution in [-0.4, -0.2) is 48.0 Å². The van der Waals surface area contributed by atoms with Crippen molar-refractivity contribution in [2.75, 3.05) is 31.9 Å². The van der Waals surface area contributed by atoms with Gasteiger partial charge >= 0.3 is 0 Å². The summed E-state index contributed by atoms with van der Waals surface area (Å²) in [5, 5.41) is 4.04. The van der Waals surface area contributed by atoms with Crippen molar-refractivity contribution in [3.63, 3.8) is 0 Å². The van der Waals surface area contributed by atoms with Crippen molar-refractivity contribution in [3.8, 4) is 0 Å². The first-order chi connectivity index (χ1) is 8.67. The molecule has 1 rings (SSSR count). The van der Waals surface area contributed by atoms with Gasteiger partial charge in [0.15, 0.2) is 0 Å². The van der Waals surface area contributed by atoms with Crippen LogP contribution in [0.3, 0.4) is 0 Å². The van der Waals surface area contributed by atoms with E-state index in [2.05, 4.69) is 26.1 Å². The summed E-state index contributed by atoms with van der Waals surface area (Å²) in [7, 11) is 0. The van der Waals surface area contributed by atoms with Gasteiger partial charge in [-0.15, -0.1) is 11.8 Å². The van der Waals surface area contributed by atoms with Crippen LogP contribution in [0.2, 0.25) is 0 Å². The zero-order chi connectivity index (χ0) is 13.4. The number of piperidine rings is 1. The van der Waals surface area contributed by atoms with Crippen LogP contribution in [0.15, 0.2) is 0 Å². The molecule has 4 heteroatoms. The molecular weight excluding hydrogens is 244 g/mol. The molecule has 0 aromatic heterocycles. The Bertz CT molecular complexity index is 242. The summed E-state index contributed by atoms with van der Waals surface area (Å²) in [6.07, 6.45) is 3.55. The monoisotopic (exact) mass is 272 g/mol. The average molecular weight is 272 g/mol. The zero-order valence-corrected chi connectivity index (χ0v) is 12.9. The van der Waals surface area contributed by atoms with E-state index in [4.69, 9.17) is 0 Å². The minimum absolute atomic E-state index is 0.321. The number of nitrogens with one attached hydrogen (secondary N) is 1. The summed E-state index contributed by atoms with van der Waals surface area (Å²) in [6.45, 7) is 10.5. The summed E-state index contributed by atoms with van der Waals surface area (Å²) in [6, 6.07) is 0. The molecule has 1 saturated heterocycles. The molecule has 0 aliphatic carbocycles. The number of carbonyl (C=O) groups is 1. The molecule has 3 nitrogen and oxygen atoms in total. The lowest BCUT2D eigenvalue weighted by Gasteiger charge is -2.26. The van der Waals surface area contributed by atoms with Gasteiger partial charge < -0.3 is 10.2 Å². The Balaban J connectivity index is 2.27. The predicted molar refractivity (Wildman–Crippen MR) is 80.1 cm³/mol. The smallest absolute Gasteiger partial charge is 0.232 e. The van der Waals surface area contributed by atoms with Crippen molar-refractivity contribution in [3.05, 3.63) is 0 Å². The molecule has 1 atom stereocenters. The zero-order valence-electron chi connectivity index (χ0n) is 12.1. The Morgan fingerprint density at radius 1 is 1.39 bits per heavy atom. The van der Waals surface area contributed by atoms with E-state index in [1.807, 2.05) is 16.7 Å². The van der Waals surface area contributed by atoms with Crippen LogP contribution in [0.4, 0.5) is 0 Å². The molecule has 18 heavy (non-hydrogen) atoms. The standard InChI is InChI=1S/C14H28N2OS/c1-4-12(3)10-16(5-2)14(17)11-18-13-6-8-15-9-7-13/h12-13,15H,4-11H2,1-3H3. The first-order valence-corrected chi connectivity index (χ1v) is 8.32. The van der Waals surface area contributed by atoms with E-state index >= 15 is 0 Å². The van der Waals surface area contributed by atoms with Crippen LogP contribution in [0.25, 0.3) is 0 Å². The highest BCUT2D eigenvalue weighted by Crippen LogP contribution is 2.20. The van der Waals surface area contributed by atoms with E-state index in [0.29, 0.717) is 22.8 Å². The van der Waals surface area contributed by atoms with Gasteiger partial charge in [0.05, 0.1) is 5.75 Å². The summed E-state index contributed by atoms with van der Waals surface area (Å²) < 4.78 is 0. The molecular formula is C14H28N2OS. The molecule has 0 aromatic carbocycles. The Hall–Kier alpha value is -0.220. The topological polar surface area (TPSA) is 32.3 Å². The molecule has 1 amide bonds. The molecule has 1 heterocycles. The fourth-order valence-corrected chi connectivity index (χ4v) is 3.29. The van der Waals surface area contributed by atoms with Gasteiger partial charge in [-0.3, -0.25) is 4.79 Å². The fraction of sp³-hybridized carbons (Fsp3) is 0.929. The molecule has 1 aliphatic rings. The molecule has 1 N–H and O–H groups in total. The largest absolute Gasteiger partial charge is 0.342 e. The van der Waals surface area contributed by atoms with Crippen molar-refractivity contribution < 1.29 is 4.79 Å². The normalized spacial score (nSPS) is 18.6. The highest BCUT2D eigenvalue weighted by Gasteiger charge is 2.18. The van der Waals surface area contributed by atoms with Crippen molar-refractivity contribution >= 4 is 17.7 Å². The number of hydrogen-bond donors (Lipinski definition) is 1. The van der Waals surface area contributed by atoms with E-state index in [1.165, 1.54) is 12.8 Å². The summed E-state index contributed by atoms with van der Waals surface area (Å²) in [5.74, 6) is 1.59. The van der Waals surface area contributed by atoms with Crippen molar-refractivity contribution in [2.45, 2.75) is 45.3 Å². The maximum absolute atomic E-state index is 12.2. The Morgan fingerprint density at radius 3 is 2.61 bits per heavy atom. The molecule has 0 saturated carbocycles. The van der Waals surface area contributed by atoms with Crippen LogP contribution in [-0.2, 0) is 4.79 Å². The van der Waals surface area contributed by atoms with Gasteiger partial charge in [0.1, 0.15) is 0 Å². The number of thioether (sulfide) groups is 1. The first kappa shape index (κ1) is 15.8. The van der Waals surface area contributed by atoms with Crippen molar-refractivity contribution in [2.24, 2.45) is 5.92 Å². The van der Waals surface area contributed by atoms with Gasteiger partial charge in [0.2, 0.25) is 5.91 Å². The van der Waals surface area contributed by atoms with E-state index in [1.54, 1.807) is 0 Å². The highest BCUT2D eigenvalue weighted by atomic mass is 32.2. The molecule has 0 aromatic rings. The maximum Gasteiger partial charge on any atom is 0.232 e. The second-order valence-corrected chi connectivity index (χ2v) is 6.49. The van der Waals surface area contributed by atoms with Gasteiger partial charge in [0, 0.05) is 18.3 Å². The van der Waals surface area contributed by atoms with E-state index in [-0.39, 0.29) is 0 Å². The number of hydrogen-bond acceptors (Lipinski definition) is 3. The van der Waals surface area contributed by atoms with Crippen molar-refractivity contribution in [1.29, 1.82) is 0 Å². The van der Waals surface area contributed by atoms with E-state index in [0.717, 1.165) is 32.6 Å². The number of nitrogens with zero attached hydrogens (tertiary/aromatic N) is 1. The third-order valence-corrected chi connectivity index (χ3v) is 5.05. The van der Waals surface area contributed by atoms with Gasteiger partial charge in [0.25, 0.3) is 0 Å².